The number of ether oxygens (including phenoxy) is 1. The van der Waals surface area contributed by atoms with Crippen molar-refractivity contribution in [3.8, 4) is 5.88 Å². The quantitative estimate of drug-likeness (QED) is 0.671. The molecule has 3 nitrogen and oxygen atoms in total. The van der Waals surface area contributed by atoms with Gasteiger partial charge in [0, 0.05) is 6.20 Å². The van der Waals surface area contributed by atoms with Crippen molar-refractivity contribution in [1.29, 1.82) is 0 Å². The van der Waals surface area contributed by atoms with E-state index in [-0.39, 0.29) is 0 Å². The highest BCUT2D eigenvalue weighted by Crippen LogP contribution is 2.04. The molecule has 1 N–H and O–H groups in total. The molecule has 0 fully saturated rings. The average Bonchev–Trinajstić information content (AvgIpc) is 2.36. The standard InChI is InChI=1S/C9H17N2O/c1-11(2,3)7-8-12-9-5-4-6-10-9/h4-6,10H,7-8H2,1-3H3/q+1. The summed E-state index contributed by atoms with van der Waals surface area (Å²) in [5, 5.41) is 0. The Balaban J connectivity index is 2.20. The number of likely N-dealkylation sites (N-methyl/N-ethyl adjacent to an activating group) is 1. The van der Waals surface area contributed by atoms with Crippen molar-refractivity contribution in [2.24, 2.45) is 0 Å². The van der Waals surface area contributed by atoms with Gasteiger partial charge in [-0.2, -0.15) is 0 Å². The van der Waals surface area contributed by atoms with E-state index in [1.54, 1.807) is 0 Å². The van der Waals surface area contributed by atoms with Crippen molar-refractivity contribution in [2.75, 3.05) is 34.3 Å². The van der Waals surface area contributed by atoms with Gasteiger partial charge in [0.15, 0.2) is 5.88 Å². The first-order chi connectivity index (χ1) is 5.58. The number of rotatable bonds is 4. The third-order valence-corrected chi connectivity index (χ3v) is 1.59. The van der Waals surface area contributed by atoms with E-state index < -0.39 is 0 Å². The van der Waals surface area contributed by atoms with Gasteiger partial charge in [-0.25, -0.2) is 0 Å². The Bertz CT molecular complexity index is 211. The highest BCUT2D eigenvalue weighted by Gasteiger charge is 2.06. The third-order valence-electron chi connectivity index (χ3n) is 1.59. The Hall–Kier alpha value is -0.960. The molecular formula is C9H17N2O+. The number of nitrogens with zero attached hydrogens (tertiary/aromatic N) is 1. The van der Waals surface area contributed by atoms with Crippen molar-refractivity contribution in [3.63, 3.8) is 0 Å². The maximum absolute atomic E-state index is 5.45. The largest absolute Gasteiger partial charge is 0.473 e. The molecule has 0 saturated carbocycles. The van der Waals surface area contributed by atoms with Gasteiger partial charge in [0.05, 0.1) is 21.1 Å². The minimum atomic E-state index is 0.754. The average molecular weight is 169 g/mol. The first-order valence-electron chi connectivity index (χ1n) is 4.14. The molecule has 0 aliphatic heterocycles. The van der Waals surface area contributed by atoms with Crippen molar-refractivity contribution in [3.05, 3.63) is 18.3 Å². The summed E-state index contributed by atoms with van der Waals surface area (Å²) < 4.78 is 6.38. The summed E-state index contributed by atoms with van der Waals surface area (Å²) in [6.45, 7) is 1.77. The molecule has 0 aliphatic carbocycles. The van der Waals surface area contributed by atoms with Gasteiger partial charge in [-0.15, -0.1) is 0 Å². The fourth-order valence-electron chi connectivity index (χ4n) is 0.833. The molecule has 0 amide bonds. The minimum Gasteiger partial charge on any atom is -0.473 e. The maximum atomic E-state index is 5.45. The zero-order chi connectivity index (χ0) is 9.03. The molecule has 1 heterocycles. The number of H-pyrrole nitrogens is 1. The molecule has 0 spiro atoms. The molecular weight excluding hydrogens is 152 g/mol. The smallest absolute Gasteiger partial charge is 0.190 e. The molecule has 12 heavy (non-hydrogen) atoms. The molecule has 1 aromatic rings. The van der Waals surface area contributed by atoms with E-state index in [1.807, 2.05) is 18.3 Å². The SMILES string of the molecule is C[N+](C)(C)CCOc1ccc[nH]1. The summed E-state index contributed by atoms with van der Waals surface area (Å²) in [5.41, 5.74) is 0. The second-order valence-electron chi connectivity index (χ2n) is 3.90. The van der Waals surface area contributed by atoms with Gasteiger partial charge >= 0.3 is 0 Å². The summed E-state index contributed by atoms with van der Waals surface area (Å²) in [6, 6.07) is 3.86. The zero-order valence-electron chi connectivity index (χ0n) is 8.00. The summed E-state index contributed by atoms with van der Waals surface area (Å²) in [6.07, 6.45) is 1.86. The molecule has 68 valence electrons. The van der Waals surface area contributed by atoms with E-state index >= 15 is 0 Å². The lowest BCUT2D eigenvalue weighted by Crippen LogP contribution is -2.38. The van der Waals surface area contributed by atoms with Crippen LogP contribution in [0.2, 0.25) is 0 Å². The van der Waals surface area contributed by atoms with Crippen molar-refractivity contribution in [2.45, 2.75) is 0 Å². The minimum absolute atomic E-state index is 0.754. The topological polar surface area (TPSA) is 25.0 Å². The monoisotopic (exact) mass is 169 g/mol. The van der Waals surface area contributed by atoms with Crippen LogP contribution in [0, 0.1) is 0 Å². The molecule has 0 radical (unpaired) electrons. The summed E-state index contributed by atoms with van der Waals surface area (Å²) in [4.78, 5) is 2.99. The molecule has 1 rings (SSSR count). The zero-order valence-corrected chi connectivity index (χ0v) is 8.00. The van der Waals surface area contributed by atoms with Gasteiger partial charge < -0.3 is 14.2 Å². The van der Waals surface area contributed by atoms with Crippen LogP contribution < -0.4 is 4.74 Å². The van der Waals surface area contributed by atoms with Crippen LogP contribution >= 0.6 is 0 Å². The normalized spacial score (nSPS) is 11.6. The first kappa shape index (κ1) is 9.13. The number of quaternary nitrogens is 1. The van der Waals surface area contributed by atoms with Crippen LogP contribution in [0.1, 0.15) is 0 Å². The second kappa shape index (κ2) is 3.63. The number of hydrogen-bond donors (Lipinski definition) is 1. The van der Waals surface area contributed by atoms with E-state index in [0.29, 0.717) is 0 Å². The van der Waals surface area contributed by atoms with E-state index in [2.05, 4.69) is 26.1 Å². The molecule has 0 aliphatic rings. The lowest BCUT2D eigenvalue weighted by molar-refractivity contribution is -0.870. The van der Waals surface area contributed by atoms with Crippen LogP contribution in [0.4, 0.5) is 0 Å². The lowest BCUT2D eigenvalue weighted by Gasteiger charge is -2.23. The van der Waals surface area contributed by atoms with E-state index in [1.165, 1.54) is 0 Å². The van der Waals surface area contributed by atoms with Gasteiger partial charge in [0.2, 0.25) is 0 Å². The van der Waals surface area contributed by atoms with Crippen LogP contribution in [0.15, 0.2) is 18.3 Å². The van der Waals surface area contributed by atoms with Crippen molar-refractivity contribution < 1.29 is 9.22 Å². The van der Waals surface area contributed by atoms with Crippen LogP contribution in [-0.4, -0.2) is 43.8 Å². The lowest BCUT2D eigenvalue weighted by atomic mass is 10.5. The van der Waals surface area contributed by atoms with Crippen LogP contribution in [0.3, 0.4) is 0 Å². The van der Waals surface area contributed by atoms with Crippen molar-refractivity contribution >= 4 is 0 Å². The number of aromatic amines is 1. The van der Waals surface area contributed by atoms with E-state index in [0.717, 1.165) is 23.5 Å². The van der Waals surface area contributed by atoms with E-state index in [9.17, 15) is 0 Å². The van der Waals surface area contributed by atoms with Gasteiger partial charge in [0.25, 0.3) is 0 Å². The second-order valence-corrected chi connectivity index (χ2v) is 3.90. The predicted molar refractivity (Wildman–Crippen MR) is 49.2 cm³/mol. The molecule has 0 unspecified atom stereocenters. The summed E-state index contributed by atoms with van der Waals surface area (Å²) in [5.74, 6) is 0.850. The highest BCUT2D eigenvalue weighted by atomic mass is 16.5. The molecule has 0 bridgehead atoms. The van der Waals surface area contributed by atoms with E-state index in [4.69, 9.17) is 4.74 Å². The van der Waals surface area contributed by atoms with Crippen molar-refractivity contribution in [1.82, 2.24) is 4.98 Å². The Kier molecular flexibility index (Phi) is 2.76. The van der Waals surface area contributed by atoms with Crippen LogP contribution in [0.5, 0.6) is 5.88 Å². The first-order valence-corrected chi connectivity index (χ1v) is 4.14. The molecule has 0 atom stereocenters. The number of aromatic nitrogens is 1. The summed E-state index contributed by atoms with van der Waals surface area (Å²) >= 11 is 0. The van der Waals surface area contributed by atoms with Gasteiger partial charge in [0.1, 0.15) is 13.2 Å². The maximum Gasteiger partial charge on any atom is 0.190 e. The Morgan fingerprint density at radius 1 is 1.42 bits per heavy atom. The molecule has 1 aromatic heterocycles. The van der Waals surface area contributed by atoms with Gasteiger partial charge in [-0.3, -0.25) is 0 Å². The Labute approximate surface area is 73.5 Å². The van der Waals surface area contributed by atoms with Gasteiger partial charge in [-0.1, -0.05) is 0 Å². The summed E-state index contributed by atoms with van der Waals surface area (Å²) in [7, 11) is 6.45. The Morgan fingerprint density at radius 2 is 2.17 bits per heavy atom. The molecule has 3 heteroatoms. The third kappa shape index (κ3) is 3.44. The highest BCUT2D eigenvalue weighted by molar-refractivity contribution is 5.09. The Morgan fingerprint density at radius 3 is 2.67 bits per heavy atom. The molecule has 0 aromatic carbocycles. The number of nitrogens with one attached hydrogen (secondary N) is 1. The number of hydrogen-bond acceptors (Lipinski definition) is 1. The molecule has 0 saturated heterocycles. The van der Waals surface area contributed by atoms with Crippen LogP contribution in [-0.2, 0) is 0 Å². The van der Waals surface area contributed by atoms with Crippen LogP contribution in [0.25, 0.3) is 0 Å². The fourth-order valence-corrected chi connectivity index (χ4v) is 0.833. The predicted octanol–water partition coefficient (Wildman–Crippen LogP) is 1.10. The van der Waals surface area contributed by atoms with Gasteiger partial charge in [-0.05, 0) is 12.1 Å². The fraction of sp³-hybridized carbons (Fsp3) is 0.556.